The minimum atomic E-state index is -1.02. The first-order chi connectivity index (χ1) is 9.58. The first kappa shape index (κ1) is 13.0. The zero-order chi connectivity index (χ0) is 14.3. The quantitative estimate of drug-likeness (QED) is 0.681. The van der Waals surface area contributed by atoms with Gasteiger partial charge in [0.15, 0.2) is 17.0 Å². The van der Waals surface area contributed by atoms with Gasteiger partial charge in [0, 0.05) is 13.5 Å². The van der Waals surface area contributed by atoms with E-state index in [2.05, 4.69) is 15.0 Å². The zero-order valence-corrected chi connectivity index (χ0v) is 10.9. The highest BCUT2D eigenvalue weighted by Gasteiger charge is 2.41. The Balaban J connectivity index is 2.02. The van der Waals surface area contributed by atoms with E-state index in [0.717, 1.165) is 0 Å². The van der Waals surface area contributed by atoms with E-state index in [0.29, 0.717) is 18.5 Å². The van der Waals surface area contributed by atoms with Crippen molar-refractivity contribution in [3.63, 3.8) is 0 Å². The van der Waals surface area contributed by atoms with Gasteiger partial charge in [0.05, 0.1) is 12.9 Å². The number of nitrogen functional groups attached to an aromatic ring is 1. The van der Waals surface area contributed by atoms with Gasteiger partial charge in [-0.2, -0.15) is 4.98 Å². The second-order valence-corrected chi connectivity index (χ2v) is 4.66. The first-order valence-corrected chi connectivity index (χ1v) is 6.15. The maximum atomic E-state index is 11.7. The van der Waals surface area contributed by atoms with E-state index in [-0.39, 0.29) is 18.1 Å². The molecule has 20 heavy (non-hydrogen) atoms. The lowest BCUT2D eigenvalue weighted by molar-refractivity contribution is -0.241. The fourth-order valence-corrected chi connectivity index (χ4v) is 2.39. The third-order valence-electron chi connectivity index (χ3n) is 3.50. The average Bonchev–Trinajstić information content (AvgIpc) is 3.02. The van der Waals surface area contributed by atoms with E-state index in [1.807, 2.05) is 0 Å². The number of methoxy groups -OCH3 is 1. The molecule has 0 bridgehead atoms. The normalized spacial score (nSPS) is 26.4. The molecule has 0 amide bonds. The molecule has 3 heterocycles. The van der Waals surface area contributed by atoms with Crippen LogP contribution in [0.5, 0.6) is 0 Å². The molecular formula is C11H15N5O4. The molecule has 0 aromatic carbocycles. The SMILES string of the molecule is CO[C@]1(CO)CC[C@@H](n2cnc3c(=O)[nH]c(N)nc32)O1. The number of aromatic nitrogens is 4. The summed E-state index contributed by atoms with van der Waals surface area (Å²) in [5.74, 6) is -1.00. The van der Waals surface area contributed by atoms with E-state index >= 15 is 0 Å². The minimum absolute atomic E-state index is 0.0161. The molecule has 0 saturated carbocycles. The fraction of sp³-hybridized carbons (Fsp3) is 0.545. The number of hydrogen-bond acceptors (Lipinski definition) is 7. The number of H-pyrrole nitrogens is 1. The summed E-state index contributed by atoms with van der Waals surface area (Å²) < 4.78 is 12.6. The number of imidazole rings is 1. The standard InChI is InChI=1S/C11H15N5O4/c1-19-11(4-17)3-2-6(20-11)16-5-13-7-8(16)14-10(12)15-9(7)18/h5-6,17H,2-4H2,1H3,(H3,12,14,15,18)/t6-,11+/m0/s1. The summed E-state index contributed by atoms with van der Waals surface area (Å²) in [4.78, 5) is 22.2. The number of nitrogens with one attached hydrogen (secondary N) is 1. The van der Waals surface area contributed by atoms with Crippen molar-refractivity contribution in [3.8, 4) is 0 Å². The van der Waals surface area contributed by atoms with Crippen molar-refractivity contribution in [1.82, 2.24) is 19.5 Å². The number of fused-ring (bicyclic) bond motifs is 1. The van der Waals surface area contributed by atoms with Crippen LogP contribution < -0.4 is 11.3 Å². The number of rotatable bonds is 3. The second kappa shape index (κ2) is 4.54. The number of nitrogens with zero attached hydrogens (tertiary/aromatic N) is 3. The summed E-state index contributed by atoms with van der Waals surface area (Å²) >= 11 is 0. The van der Waals surface area contributed by atoms with Crippen molar-refractivity contribution >= 4 is 17.1 Å². The van der Waals surface area contributed by atoms with Crippen molar-refractivity contribution in [2.45, 2.75) is 24.9 Å². The van der Waals surface area contributed by atoms with Crippen molar-refractivity contribution in [1.29, 1.82) is 0 Å². The molecule has 1 aliphatic rings. The van der Waals surface area contributed by atoms with Gasteiger partial charge in [-0.25, -0.2) is 4.98 Å². The molecule has 3 rings (SSSR count). The van der Waals surface area contributed by atoms with Crippen molar-refractivity contribution in [3.05, 3.63) is 16.7 Å². The van der Waals surface area contributed by atoms with Crippen LogP contribution in [0.1, 0.15) is 19.1 Å². The molecule has 0 unspecified atom stereocenters. The summed E-state index contributed by atoms with van der Waals surface area (Å²) in [5, 5.41) is 9.37. The van der Waals surface area contributed by atoms with E-state index < -0.39 is 17.6 Å². The Kier molecular flexibility index (Phi) is 2.96. The highest BCUT2D eigenvalue weighted by Crippen LogP contribution is 2.37. The largest absolute Gasteiger partial charge is 0.391 e. The molecule has 2 aromatic heterocycles. The van der Waals surface area contributed by atoms with E-state index in [9.17, 15) is 9.90 Å². The van der Waals surface area contributed by atoms with Crippen LogP contribution in [0.3, 0.4) is 0 Å². The van der Waals surface area contributed by atoms with Gasteiger partial charge in [-0.15, -0.1) is 0 Å². The number of aliphatic hydroxyl groups is 1. The lowest BCUT2D eigenvalue weighted by Crippen LogP contribution is -2.35. The summed E-state index contributed by atoms with van der Waals surface area (Å²) in [7, 11) is 1.48. The number of anilines is 1. The van der Waals surface area contributed by atoms with Crippen molar-refractivity contribution in [2.75, 3.05) is 19.5 Å². The molecular weight excluding hydrogens is 266 g/mol. The summed E-state index contributed by atoms with van der Waals surface area (Å²) in [6, 6.07) is 0. The van der Waals surface area contributed by atoms with Crippen LogP contribution in [0.4, 0.5) is 5.95 Å². The molecule has 2 aromatic rings. The molecule has 9 nitrogen and oxygen atoms in total. The fourth-order valence-electron chi connectivity index (χ4n) is 2.39. The van der Waals surface area contributed by atoms with Gasteiger partial charge in [0.2, 0.25) is 5.95 Å². The van der Waals surface area contributed by atoms with Crippen molar-refractivity contribution in [2.24, 2.45) is 0 Å². The monoisotopic (exact) mass is 281 g/mol. The molecule has 1 saturated heterocycles. The Morgan fingerprint density at radius 1 is 1.75 bits per heavy atom. The van der Waals surface area contributed by atoms with Crippen LogP contribution in [0.25, 0.3) is 11.2 Å². The van der Waals surface area contributed by atoms with Gasteiger partial charge in [-0.1, -0.05) is 0 Å². The Morgan fingerprint density at radius 3 is 3.20 bits per heavy atom. The van der Waals surface area contributed by atoms with Gasteiger partial charge in [-0.3, -0.25) is 14.3 Å². The third kappa shape index (κ3) is 1.87. The van der Waals surface area contributed by atoms with Gasteiger partial charge < -0.3 is 20.3 Å². The number of aliphatic hydroxyl groups excluding tert-OH is 1. The first-order valence-electron chi connectivity index (χ1n) is 6.15. The number of nitrogens with two attached hydrogens (primary N) is 1. The lowest BCUT2D eigenvalue weighted by atomic mass is 10.2. The topological polar surface area (TPSA) is 128 Å². The van der Waals surface area contributed by atoms with Crippen LogP contribution in [0, 0.1) is 0 Å². The molecule has 4 N–H and O–H groups in total. The Bertz CT molecular complexity index is 690. The molecule has 2 atom stereocenters. The summed E-state index contributed by atoms with van der Waals surface area (Å²) in [5.41, 5.74) is 5.69. The van der Waals surface area contributed by atoms with Gasteiger partial charge in [0.1, 0.15) is 6.23 Å². The molecule has 0 radical (unpaired) electrons. The second-order valence-electron chi connectivity index (χ2n) is 4.66. The van der Waals surface area contributed by atoms with Crippen LogP contribution in [0.15, 0.2) is 11.1 Å². The molecule has 108 valence electrons. The Labute approximate surface area is 113 Å². The molecule has 1 fully saturated rings. The predicted octanol–water partition coefficient (Wildman–Crippen LogP) is -0.654. The lowest BCUT2D eigenvalue weighted by Gasteiger charge is -2.25. The van der Waals surface area contributed by atoms with E-state index in [1.54, 1.807) is 4.57 Å². The Hall–Kier alpha value is -1.97. The molecule has 0 spiro atoms. The number of ether oxygens (including phenoxy) is 2. The minimum Gasteiger partial charge on any atom is -0.391 e. The van der Waals surface area contributed by atoms with Gasteiger partial charge in [-0.05, 0) is 6.42 Å². The van der Waals surface area contributed by atoms with Crippen LogP contribution >= 0.6 is 0 Å². The number of aromatic amines is 1. The average molecular weight is 281 g/mol. The van der Waals surface area contributed by atoms with Crippen molar-refractivity contribution < 1.29 is 14.6 Å². The summed E-state index contributed by atoms with van der Waals surface area (Å²) in [6.07, 6.45) is 2.19. The molecule has 0 aliphatic carbocycles. The molecule has 1 aliphatic heterocycles. The van der Waals surface area contributed by atoms with E-state index in [1.165, 1.54) is 13.4 Å². The van der Waals surface area contributed by atoms with Crippen LogP contribution in [0.2, 0.25) is 0 Å². The predicted molar refractivity (Wildman–Crippen MR) is 68.7 cm³/mol. The van der Waals surface area contributed by atoms with Crippen LogP contribution in [-0.4, -0.2) is 44.1 Å². The Morgan fingerprint density at radius 2 is 2.55 bits per heavy atom. The summed E-state index contributed by atoms with van der Waals surface area (Å²) in [6.45, 7) is -0.247. The maximum Gasteiger partial charge on any atom is 0.280 e. The van der Waals surface area contributed by atoms with E-state index in [4.69, 9.17) is 15.2 Å². The highest BCUT2D eigenvalue weighted by molar-refractivity contribution is 5.70. The third-order valence-corrected chi connectivity index (χ3v) is 3.50. The van der Waals surface area contributed by atoms with Crippen LogP contribution in [-0.2, 0) is 9.47 Å². The van der Waals surface area contributed by atoms with Gasteiger partial charge >= 0.3 is 0 Å². The zero-order valence-electron chi connectivity index (χ0n) is 10.9. The van der Waals surface area contributed by atoms with Gasteiger partial charge in [0.25, 0.3) is 5.56 Å². The number of hydrogen-bond donors (Lipinski definition) is 3. The smallest absolute Gasteiger partial charge is 0.280 e. The highest BCUT2D eigenvalue weighted by atomic mass is 16.7. The maximum absolute atomic E-state index is 11.7. The molecule has 9 heteroatoms.